The molecule has 0 bridgehead atoms. The Labute approximate surface area is 114 Å². The van der Waals surface area contributed by atoms with E-state index in [0.717, 1.165) is 19.4 Å². The molecule has 104 valence electrons. The highest BCUT2D eigenvalue weighted by Gasteiger charge is 2.24. The molecule has 3 heteroatoms. The summed E-state index contributed by atoms with van der Waals surface area (Å²) in [6.07, 6.45) is 6.04. The number of amides is 1. The van der Waals surface area contributed by atoms with E-state index in [2.05, 4.69) is 0 Å². The van der Waals surface area contributed by atoms with E-state index < -0.39 is 0 Å². The molecule has 19 heavy (non-hydrogen) atoms. The Bertz CT molecular complexity index is 427. The summed E-state index contributed by atoms with van der Waals surface area (Å²) < 4.78 is 13.6. The van der Waals surface area contributed by atoms with E-state index in [-0.39, 0.29) is 18.1 Å². The second kappa shape index (κ2) is 6.69. The average molecular weight is 263 g/mol. The first-order chi connectivity index (χ1) is 9.22. The van der Waals surface area contributed by atoms with E-state index in [1.54, 1.807) is 18.2 Å². The quantitative estimate of drug-likeness (QED) is 0.813. The maximum Gasteiger partial charge on any atom is 0.227 e. The van der Waals surface area contributed by atoms with Crippen LogP contribution in [0, 0.1) is 5.82 Å². The molecule has 0 N–H and O–H groups in total. The molecule has 1 saturated carbocycles. The molecule has 1 aliphatic carbocycles. The smallest absolute Gasteiger partial charge is 0.227 e. The first kappa shape index (κ1) is 14.0. The van der Waals surface area contributed by atoms with Gasteiger partial charge in [0.05, 0.1) is 6.42 Å². The Morgan fingerprint density at radius 1 is 1.26 bits per heavy atom. The van der Waals surface area contributed by atoms with E-state index in [4.69, 9.17) is 0 Å². The molecular formula is C16H22FNO. The lowest BCUT2D eigenvalue weighted by Crippen LogP contribution is -2.42. The summed E-state index contributed by atoms with van der Waals surface area (Å²) >= 11 is 0. The van der Waals surface area contributed by atoms with Gasteiger partial charge in [0.25, 0.3) is 0 Å². The summed E-state index contributed by atoms with van der Waals surface area (Å²) in [4.78, 5) is 14.3. The highest BCUT2D eigenvalue weighted by Crippen LogP contribution is 2.23. The number of rotatable bonds is 4. The fourth-order valence-electron chi connectivity index (χ4n) is 2.94. The minimum Gasteiger partial charge on any atom is -0.340 e. The molecule has 0 unspecified atom stereocenters. The van der Waals surface area contributed by atoms with Crippen LogP contribution < -0.4 is 0 Å². The number of carbonyl (C=O) groups excluding carboxylic acids is 1. The van der Waals surface area contributed by atoms with E-state index in [9.17, 15) is 9.18 Å². The SMILES string of the molecule is CCN(C(=O)Cc1ccccc1F)C1CCCCC1. The summed E-state index contributed by atoms with van der Waals surface area (Å²) in [5, 5.41) is 0. The van der Waals surface area contributed by atoms with Gasteiger partial charge in [0.2, 0.25) is 5.91 Å². The van der Waals surface area contributed by atoms with Crippen LogP contribution in [0.5, 0.6) is 0 Å². The van der Waals surface area contributed by atoms with Gasteiger partial charge in [-0.2, -0.15) is 0 Å². The maximum absolute atomic E-state index is 13.6. The lowest BCUT2D eigenvalue weighted by molar-refractivity contribution is -0.133. The summed E-state index contributed by atoms with van der Waals surface area (Å²) in [7, 11) is 0. The number of halogens is 1. The fourth-order valence-corrected chi connectivity index (χ4v) is 2.94. The molecule has 0 saturated heterocycles. The second-order valence-corrected chi connectivity index (χ2v) is 5.24. The summed E-state index contributed by atoms with van der Waals surface area (Å²) in [6.45, 7) is 2.73. The number of benzene rings is 1. The Morgan fingerprint density at radius 2 is 1.95 bits per heavy atom. The Kier molecular flexibility index (Phi) is 4.94. The van der Waals surface area contributed by atoms with Crippen LogP contribution >= 0.6 is 0 Å². The number of carbonyl (C=O) groups is 1. The molecule has 0 aliphatic heterocycles. The van der Waals surface area contributed by atoms with Gasteiger partial charge in [0.1, 0.15) is 5.82 Å². The molecule has 0 aromatic heterocycles. The topological polar surface area (TPSA) is 20.3 Å². The fraction of sp³-hybridized carbons (Fsp3) is 0.562. The van der Waals surface area contributed by atoms with Gasteiger partial charge in [-0.05, 0) is 31.4 Å². The van der Waals surface area contributed by atoms with Crippen LogP contribution in [-0.2, 0) is 11.2 Å². The molecule has 0 radical (unpaired) electrons. The zero-order chi connectivity index (χ0) is 13.7. The van der Waals surface area contributed by atoms with Gasteiger partial charge in [0.15, 0.2) is 0 Å². The lowest BCUT2D eigenvalue weighted by atomic mass is 9.93. The first-order valence-electron chi connectivity index (χ1n) is 7.25. The van der Waals surface area contributed by atoms with Crippen molar-refractivity contribution in [2.24, 2.45) is 0 Å². The van der Waals surface area contributed by atoms with E-state index in [1.807, 2.05) is 11.8 Å². The van der Waals surface area contributed by atoms with Gasteiger partial charge in [-0.3, -0.25) is 4.79 Å². The van der Waals surface area contributed by atoms with Gasteiger partial charge in [0, 0.05) is 12.6 Å². The summed E-state index contributed by atoms with van der Waals surface area (Å²) in [6, 6.07) is 6.91. The third kappa shape index (κ3) is 3.55. The first-order valence-corrected chi connectivity index (χ1v) is 7.25. The molecule has 1 aromatic rings. The highest BCUT2D eigenvalue weighted by molar-refractivity contribution is 5.79. The maximum atomic E-state index is 13.6. The predicted molar refractivity (Wildman–Crippen MR) is 74.4 cm³/mol. The predicted octanol–water partition coefficient (Wildman–Crippen LogP) is 3.55. The average Bonchev–Trinajstić information content (AvgIpc) is 2.43. The highest BCUT2D eigenvalue weighted by atomic mass is 19.1. The Hall–Kier alpha value is -1.38. The van der Waals surface area contributed by atoms with Crippen molar-refractivity contribution in [3.63, 3.8) is 0 Å². The van der Waals surface area contributed by atoms with Crippen LogP contribution in [0.4, 0.5) is 4.39 Å². The standard InChI is InChI=1S/C16H22FNO/c1-2-18(14-9-4-3-5-10-14)16(19)12-13-8-6-7-11-15(13)17/h6-8,11,14H,2-5,9-10,12H2,1H3. The Morgan fingerprint density at radius 3 is 2.58 bits per heavy atom. The zero-order valence-corrected chi connectivity index (χ0v) is 11.6. The molecular weight excluding hydrogens is 241 g/mol. The summed E-state index contributed by atoms with van der Waals surface area (Å²) in [5.74, 6) is -0.227. The van der Waals surface area contributed by atoms with Crippen LogP contribution in [-0.4, -0.2) is 23.4 Å². The summed E-state index contributed by atoms with van der Waals surface area (Å²) in [5.41, 5.74) is 0.502. The minimum atomic E-state index is -0.282. The van der Waals surface area contributed by atoms with Crippen molar-refractivity contribution in [3.05, 3.63) is 35.6 Å². The lowest BCUT2D eigenvalue weighted by Gasteiger charge is -2.33. The van der Waals surface area contributed by atoms with Crippen molar-refractivity contribution in [2.75, 3.05) is 6.54 Å². The minimum absolute atomic E-state index is 0.0551. The van der Waals surface area contributed by atoms with Crippen molar-refractivity contribution in [3.8, 4) is 0 Å². The van der Waals surface area contributed by atoms with Gasteiger partial charge in [-0.1, -0.05) is 37.5 Å². The molecule has 0 spiro atoms. The van der Waals surface area contributed by atoms with Gasteiger partial charge >= 0.3 is 0 Å². The number of hydrogen-bond acceptors (Lipinski definition) is 1. The zero-order valence-electron chi connectivity index (χ0n) is 11.6. The van der Waals surface area contributed by atoms with Gasteiger partial charge < -0.3 is 4.90 Å². The van der Waals surface area contributed by atoms with Gasteiger partial charge in [-0.25, -0.2) is 4.39 Å². The van der Waals surface area contributed by atoms with Crippen LogP contribution in [0.15, 0.2) is 24.3 Å². The van der Waals surface area contributed by atoms with Crippen molar-refractivity contribution in [1.82, 2.24) is 4.90 Å². The van der Waals surface area contributed by atoms with Crippen molar-refractivity contribution in [1.29, 1.82) is 0 Å². The largest absolute Gasteiger partial charge is 0.340 e. The normalized spacial score (nSPS) is 16.3. The number of hydrogen-bond donors (Lipinski definition) is 0. The molecule has 0 atom stereocenters. The van der Waals surface area contributed by atoms with Crippen molar-refractivity contribution < 1.29 is 9.18 Å². The molecule has 2 rings (SSSR count). The Balaban J connectivity index is 2.02. The molecule has 1 aromatic carbocycles. The van der Waals surface area contributed by atoms with Crippen LogP contribution in [0.3, 0.4) is 0 Å². The van der Waals surface area contributed by atoms with Crippen LogP contribution in [0.2, 0.25) is 0 Å². The number of likely N-dealkylation sites (N-methyl/N-ethyl adjacent to an activating group) is 1. The number of nitrogens with zero attached hydrogens (tertiary/aromatic N) is 1. The van der Waals surface area contributed by atoms with E-state index in [1.165, 1.54) is 25.3 Å². The van der Waals surface area contributed by atoms with Gasteiger partial charge in [-0.15, -0.1) is 0 Å². The monoisotopic (exact) mass is 263 g/mol. The molecule has 1 amide bonds. The van der Waals surface area contributed by atoms with Crippen molar-refractivity contribution in [2.45, 2.75) is 51.5 Å². The van der Waals surface area contributed by atoms with Crippen LogP contribution in [0.1, 0.15) is 44.6 Å². The van der Waals surface area contributed by atoms with Crippen LogP contribution in [0.25, 0.3) is 0 Å². The van der Waals surface area contributed by atoms with E-state index in [0.29, 0.717) is 11.6 Å². The molecule has 2 nitrogen and oxygen atoms in total. The molecule has 1 fully saturated rings. The molecule has 0 heterocycles. The third-order valence-electron chi connectivity index (χ3n) is 3.98. The van der Waals surface area contributed by atoms with Crippen molar-refractivity contribution >= 4 is 5.91 Å². The third-order valence-corrected chi connectivity index (χ3v) is 3.98. The second-order valence-electron chi connectivity index (χ2n) is 5.24. The molecule has 1 aliphatic rings. The van der Waals surface area contributed by atoms with E-state index >= 15 is 0 Å².